The fraction of sp³-hybridized carbons (Fsp3) is 0.231. The largest absolute Gasteiger partial charge is 0.497 e. The normalized spacial score (nSPS) is 15.3. The predicted octanol–water partition coefficient (Wildman–Crippen LogP) is 6.31. The summed E-state index contributed by atoms with van der Waals surface area (Å²) in [5.74, 6) is 2.22. The van der Waals surface area contributed by atoms with Gasteiger partial charge in [0.25, 0.3) is 0 Å². The molecule has 2 N–H and O–H groups in total. The topological polar surface area (TPSA) is 55.5 Å². The molecule has 0 unspecified atom stereocenters. The summed E-state index contributed by atoms with van der Waals surface area (Å²) < 4.78 is 17.1. The Kier molecular flexibility index (Phi) is 6.11. The van der Waals surface area contributed by atoms with Crippen molar-refractivity contribution < 1.29 is 14.2 Å². The molecule has 1 atom stereocenters. The highest BCUT2D eigenvalue weighted by Crippen LogP contribution is 2.38. The molecule has 0 aliphatic carbocycles. The van der Waals surface area contributed by atoms with Crippen LogP contribution in [0.4, 0.5) is 0 Å². The van der Waals surface area contributed by atoms with Crippen molar-refractivity contribution in [2.24, 2.45) is 0 Å². The van der Waals surface area contributed by atoms with E-state index in [-0.39, 0.29) is 6.04 Å². The monoisotopic (exact) mass is 482 g/mol. The summed E-state index contributed by atoms with van der Waals surface area (Å²) >= 11 is 12.1. The first-order valence-corrected chi connectivity index (χ1v) is 11.5. The van der Waals surface area contributed by atoms with E-state index in [1.165, 1.54) is 16.6 Å². The van der Waals surface area contributed by atoms with Crippen LogP contribution < -0.4 is 19.5 Å². The van der Waals surface area contributed by atoms with Gasteiger partial charge in [-0.2, -0.15) is 0 Å². The number of methoxy groups -OCH3 is 2. The number of rotatable bonds is 6. The Morgan fingerprint density at radius 2 is 1.79 bits per heavy atom. The summed E-state index contributed by atoms with van der Waals surface area (Å²) in [7, 11) is 3.35. The number of aromatic amines is 1. The SMILES string of the molecule is COc1ccc2[nH]c3c(c2c1)CCN[C@H]3c1ccc(OCc2ccc(Cl)c(Cl)c2)c(OC)c1. The van der Waals surface area contributed by atoms with E-state index in [2.05, 4.69) is 28.5 Å². The molecule has 0 spiro atoms. The van der Waals surface area contributed by atoms with Crippen LogP contribution in [-0.4, -0.2) is 25.7 Å². The van der Waals surface area contributed by atoms with Gasteiger partial charge < -0.3 is 24.5 Å². The highest BCUT2D eigenvalue weighted by atomic mass is 35.5. The molecule has 0 saturated carbocycles. The molecule has 2 heterocycles. The van der Waals surface area contributed by atoms with E-state index >= 15 is 0 Å². The lowest BCUT2D eigenvalue weighted by Gasteiger charge is -2.25. The molecule has 1 aromatic heterocycles. The number of benzene rings is 3. The van der Waals surface area contributed by atoms with Gasteiger partial charge in [-0.1, -0.05) is 35.3 Å². The number of ether oxygens (including phenoxy) is 3. The first-order valence-electron chi connectivity index (χ1n) is 10.7. The summed E-state index contributed by atoms with van der Waals surface area (Å²) in [6.07, 6.45) is 0.959. The molecule has 0 bridgehead atoms. The Morgan fingerprint density at radius 3 is 2.58 bits per heavy atom. The predicted molar refractivity (Wildman–Crippen MR) is 132 cm³/mol. The molecular weight excluding hydrogens is 459 g/mol. The second-order valence-electron chi connectivity index (χ2n) is 8.01. The van der Waals surface area contributed by atoms with Gasteiger partial charge in [0.2, 0.25) is 0 Å². The highest BCUT2D eigenvalue weighted by molar-refractivity contribution is 6.42. The van der Waals surface area contributed by atoms with E-state index in [0.717, 1.165) is 35.4 Å². The van der Waals surface area contributed by atoms with Gasteiger partial charge in [-0.05, 0) is 65.6 Å². The molecule has 1 aliphatic heterocycles. The van der Waals surface area contributed by atoms with Crippen molar-refractivity contribution in [2.45, 2.75) is 19.1 Å². The van der Waals surface area contributed by atoms with Gasteiger partial charge in [0.1, 0.15) is 12.4 Å². The number of halogens is 2. The molecule has 33 heavy (non-hydrogen) atoms. The number of aromatic nitrogens is 1. The van der Waals surface area contributed by atoms with E-state index in [0.29, 0.717) is 28.2 Å². The van der Waals surface area contributed by atoms with E-state index in [4.69, 9.17) is 37.4 Å². The summed E-state index contributed by atoms with van der Waals surface area (Å²) in [5.41, 5.74) is 5.65. The molecule has 0 saturated heterocycles. The van der Waals surface area contributed by atoms with Crippen molar-refractivity contribution in [3.63, 3.8) is 0 Å². The molecule has 5 nitrogen and oxygen atoms in total. The lowest BCUT2D eigenvalue weighted by atomic mass is 9.94. The maximum absolute atomic E-state index is 6.12. The van der Waals surface area contributed by atoms with Crippen LogP contribution >= 0.6 is 23.2 Å². The van der Waals surface area contributed by atoms with Gasteiger partial charge in [0.15, 0.2) is 11.5 Å². The maximum atomic E-state index is 6.12. The molecule has 4 aromatic rings. The van der Waals surface area contributed by atoms with Crippen molar-refractivity contribution in [2.75, 3.05) is 20.8 Å². The lowest BCUT2D eigenvalue weighted by Crippen LogP contribution is -2.30. The first kappa shape index (κ1) is 22.0. The van der Waals surface area contributed by atoms with Crippen LogP contribution in [0.2, 0.25) is 10.0 Å². The molecule has 0 radical (unpaired) electrons. The van der Waals surface area contributed by atoms with Gasteiger partial charge in [0.05, 0.1) is 30.3 Å². The number of nitrogens with one attached hydrogen (secondary N) is 2. The minimum absolute atomic E-state index is 0.0326. The maximum Gasteiger partial charge on any atom is 0.161 e. The van der Waals surface area contributed by atoms with Crippen LogP contribution in [0.15, 0.2) is 54.6 Å². The number of hydrogen-bond donors (Lipinski definition) is 2. The highest BCUT2D eigenvalue weighted by Gasteiger charge is 2.26. The average Bonchev–Trinajstić information content (AvgIpc) is 3.22. The quantitative estimate of drug-likeness (QED) is 0.338. The summed E-state index contributed by atoms with van der Waals surface area (Å²) in [4.78, 5) is 3.61. The van der Waals surface area contributed by atoms with Crippen molar-refractivity contribution in [1.82, 2.24) is 10.3 Å². The second-order valence-corrected chi connectivity index (χ2v) is 8.83. The summed E-state index contributed by atoms with van der Waals surface area (Å²) in [6, 6.07) is 17.7. The van der Waals surface area contributed by atoms with Crippen LogP contribution in [0, 0.1) is 0 Å². The zero-order valence-corrected chi connectivity index (χ0v) is 19.9. The third kappa shape index (κ3) is 4.24. The third-order valence-corrected chi connectivity index (χ3v) is 6.80. The van der Waals surface area contributed by atoms with Crippen LogP contribution in [0.1, 0.15) is 28.4 Å². The fourth-order valence-electron chi connectivity index (χ4n) is 4.39. The Balaban J connectivity index is 1.43. The molecule has 170 valence electrons. The smallest absolute Gasteiger partial charge is 0.161 e. The first-order chi connectivity index (χ1) is 16.1. The van der Waals surface area contributed by atoms with Gasteiger partial charge in [-0.3, -0.25) is 0 Å². The van der Waals surface area contributed by atoms with Crippen LogP contribution in [0.5, 0.6) is 17.2 Å². The second kappa shape index (κ2) is 9.18. The Morgan fingerprint density at radius 1 is 0.909 bits per heavy atom. The fourth-order valence-corrected chi connectivity index (χ4v) is 4.71. The van der Waals surface area contributed by atoms with E-state index in [1.807, 2.05) is 30.3 Å². The molecule has 5 rings (SSSR count). The van der Waals surface area contributed by atoms with Crippen LogP contribution in [-0.2, 0) is 13.0 Å². The lowest BCUT2D eigenvalue weighted by molar-refractivity contribution is 0.284. The molecule has 0 fully saturated rings. The Bertz CT molecular complexity index is 1320. The number of hydrogen-bond acceptors (Lipinski definition) is 4. The van der Waals surface area contributed by atoms with Crippen molar-refractivity contribution >= 4 is 34.1 Å². The molecule has 7 heteroatoms. The zero-order chi connectivity index (χ0) is 22.9. The third-order valence-electron chi connectivity index (χ3n) is 6.06. The molecule has 1 aliphatic rings. The minimum Gasteiger partial charge on any atom is -0.497 e. The number of fused-ring (bicyclic) bond motifs is 3. The van der Waals surface area contributed by atoms with Gasteiger partial charge >= 0.3 is 0 Å². The van der Waals surface area contributed by atoms with Crippen molar-refractivity contribution in [3.05, 3.63) is 87.0 Å². The molecule has 3 aromatic carbocycles. The summed E-state index contributed by atoms with van der Waals surface area (Å²) in [6.45, 7) is 1.25. The standard InChI is InChI=1S/C26H24Cl2N2O3/c1-31-17-5-7-22-19(13-17)18-9-10-29-25(26(18)30-22)16-4-8-23(24(12-16)32-2)33-14-15-3-6-20(27)21(28)11-15/h3-8,11-13,25,29-30H,9-10,14H2,1-2H3/t25-/m0/s1. The van der Waals surface area contributed by atoms with E-state index in [1.54, 1.807) is 20.3 Å². The summed E-state index contributed by atoms with van der Waals surface area (Å²) in [5, 5.41) is 5.88. The number of H-pyrrole nitrogens is 1. The average molecular weight is 483 g/mol. The minimum atomic E-state index is 0.0326. The van der Waals surface area contributed by atoms with Gasteiger partial charge in [-0.15, -0.1) is 0 Å². The Hall–Kier alpha value is -2.86. The van der Waals surface area contributed by atoms with Crippen LogP contribution in [0.25, 0.3) is 10.9 Å². The Labute approximate surface area is 202 Å². The molecular formula is C26H24Cl2N2O3. The van der Waals surface area contributed by atoms with Crippen LogP contribution in [0.3, 0.4) is 0 Å². The van der Waals surface area contributed by atoms with Gasteiger partial charge in [0, 0.05) is 23.1 Å². The molecule has 0 amide bonds. The van der Waals surface area contributed by atoms with Crippen molar-refractivity contribution in [3.8, 4) is 17.2 Å². The van der Waals surface area contributed by atoms with Gasteiger partial charge in [-0.25, -0.2) is 0 Å². The van der Waals surface area contributed by atoms with E-state index in [9.17, 15) is 0 Å². The zero-order valence-electron chi connectivity index (χ0n) is 18.4. The van der Waals surface area contributed by atoms with Crippen molar-refractivity contribution in [1.29, 1.82) is 0 Å². The van der Waals surface area contributed by atoms with E-state index < -0.39 is 0 Å².